The summed E-state index contributed by atoms with van der Waals surface area (Å²) in [5, 5.41) is 3.84. The van der Waals surface area contributed by atoms with E-state index in [2.05, 4.69) is 10.1 Å². The maximum Gasteiger partial charge on any atom is 0.270 e. The summed E-state index contributed by atoms with van der Waals surface area (Å²) in [6, 6.07) is 3.71. The van der Waals surface area contributed by atoms with E-state index < -0.39 is 0 Å². The predicted octanol–water partition coefficient (Wildman–Crippen LogP) is 1.04. The number of rotatable bonds is 2. The summed E-state index contributed by atoms with van der Waals surface area (Å²) in [4.78, 5) is 18.2. The third-order valence-corrected chi connectivity index (χ3v) is 3.38. The number of likely N-dealkylation sites (tertiary alicyclic amines) is 1. The molecule has 6 heteroatoms. The Morgan fingerprint density at radius 2 is 2.44 bits per heavy atom. The van der Waals surface area contributed by atoms with Crippen molar-refractivity contribution in [3.63, 3.8) is 0 Å². The molecule has 3 heterocycles. The minimum Gasteiger partial charge on any atom is -0.347 e. The van der Waals surface area contributed by atoms with E-state index in [-0.39, 0.29) is 11.8 Å². The van der Waals surface area contributed by atoms with Gasteiger partial charge >= 0.3 is 0 Å². The largest absolute Gasteiger partial charge is 0.347 e. The number of carbonyl (C=O) groups excluding carboxylic acids is 1. The van der Waals surface area contributed by atoms with Crippen molar-refractivity contribution >= 4 is 5.91 Å². The quantitative estimate of drug-likeness (QED) is 0.794. The standard InChI is InChI=1S/C12H14N4O2/c1-15-5-2-3-10(15)12(17)16-6-4-9(7-16)11-13-8-18-14-11/h2-3,5,8-9H,4,6-7H2,1H3/t9-/m0/s1. The molecule has 1 amide bonds. The molecule has 18 heavy (non-hydrogen) atoms. The van der Waals surface area contributed by atoms with Gasteiger partial charge in [-0.1, -0.05) is 5.16 Å². The Morgan fingerprint density at radius 1 is 1.56 bits per heavy atom. The van der Waals surface area contributed by atoms with Crippen molar-refractivity contribution in [2.75, 3.05) is 13.1 Å². The van der Waals surface area contributed by atoms with Crippen molar-refractivity contribution in [3.05, 3.63) is 36.2 Å². The molecular formula is C12H14N4O2. The van der Waals surface area contributed by atoms with Crippen LogP contribution in [0, 0.1) is 0 Å². The number of aromatic nitrogens is 3. The molecule has 1 fully saturated rings. The highest BCUT2D eigenvalue weighted by molar-refractivity contribution is 5.93. The lowest BCUT2D eigenvalue weighted by molar-refractivity contribution is 0.0781. The molecule has 0 radical (unpaired) electrons. The van der Waals surface area contributed by atoms with Gasteiger partial charge < -0.3 is 14.0 Å². The van der Waals surface area contributed by atoms with Gasteiger partial charge in [-0.25, -0.2) is 0 Å². The summed E-state index contributed by atoms with van der Waals surface area (Å²) in [5.74, 6) is 0.943. The van der Waals surface area contributed by atoms with E-state index in [1.807, 2.05) is 34.8 Å². The third-order valence-electron chi connectivity index (χ3n) is 3.38. The summed E-state index contributed by atoms with van der Waals surface area (Å²) in [5.41, 5.74) is 0.712. The zero-order chi connectivity index (χ0) is 12.5. The Morgan fingerprint density at radius 3 is 3.11 bits per heavy atom. The summed E-state index contributed by atoms with van der Waals surface area (Å²) in [6.07, 6.45) is 4.09. The van der Waals surface area contributed by atoms with Crippen LogP contribution in [-0.4, -0.2) is 38.6 Å². The van der Waals surface area contributed by atoms with Gasteiger partial charge in [-0.3, -0.25) is 4.79 Å². The zero-order valence-corrected chi connectivity index (χ0v) is 10.1. The maximum atomic E-state index is 12.3. The lowest BCUT2D eigenvalue weighted by Crippen LogP contribution is -2.29. The average Bonchev–Trinajstić information content (AvgIpc) is 3.09. The zero-order valence-electron chi connectivity index (χ0n) is 10.1. The van der Waals surface area contributed by atoms with Crippen LogP contribution in [0.15, 0.2) is 29.2 Å². The molecule has 0 spiro atoms. The van der Waals surface area contributed by atoms with Crippen LogP contribution in [-0.2, 0) is 7.05 Å². The van der Waals surface area contributed by atoms with Crippen LogP contribution >= 0.6 is 0 Å². The molecule has 1 saturated heterocycles. The van der Waals surface area contributed by atoms with E-state index in [1.54, 1.807) is 0 Å². The van der Waals surface area contributed by atoms with Gasteiger partial charge in [0.2, 0.25) is 6.39 Å². The second kappa shape index (κ2) is 4.29. The molecule has 1 aliphatic rings. The molecule has 2 aromatic rings. The van der Waals surface area contributed by atoms with E-state index in [0.29, 0.717) is 18.1 Å². The average molecular weight is 246 g/mol. The number of hydrogen-bond acceptors (Lipinski definition) is 4. The molecule has 0 aliphatic carbocycles. The van der Waals surface area contributed by atoms with Gasteiger partial charge in [0.15, 0.2) is 5.82 Å². The number of hydrogen-bond donors (Lipinski definition) is 0. The fourth-order valence-electron chi connectivity index (χ4n) is 2.36. The number of aryl methyl sites for hydroxylation is 1. The first-order valence-electron chi connectivity index (χ1n) is 5.92. The van der Waals surface area contributed by atoms with Gasteiger partial charge in [-0.05, 0) is 18.6 Å². The smallest absolute Gasteiger partial charge is 0.270 e. The second-order valence-electron chi connectivity index (χ2n) is 4.53. The van der Waals surface area contributed by atoms with Crippen molar-refractivity contribution in [1.82, 2.24) is 19.6 Å². The fourth-order valence-corrected chi connectivity index (χ4v) is 2.36. The van der Waals surface area contributed by atoms with Crippen molar-refractivity contribution in [3.8, 4) is 0 Å². The Kier molecular flexibility index (Phi) is 2.62. The fraction of sp³-hybridized carbons (Fsp3) is 0.417. The molecule has 0 saturated carbocycles. The van der Waals surface area contributed by atoms with Gasteiger partial charge in [0, 0.05) is 32.3 Å². The van der Waals surface area contributed by atoms with E-state index in [0.717, 1.165) is 13.0 Å². The first-order valence-corrected chi connectivity index (χ1v) is 5.92. The molecule has 6 nitrogen and oxygen atoms in total. The normalized spacial score (nSPS) is 19.4. The van der Waals surface area contributed by atoms with Gasteiger partial charge in [0.25, 0.3) is 5.91 Å². The van der Waals surface area contributed by atoms with Crippen molar-refractivity contribution in [2.45, 2.75) is 12.3 Å². The topological polar surface area (TPSA) is 64.2 Å². The highest BCUT2D eigenvalue weighted by Crippen LogP contribution is 2.25. The minimum absolute atomic E-state index is 0.0634. The SMILES string of the molecule is Cn1cccc1C(=O)N1CC[C@H](c2ncon2)C1. The third kappa shape index (κ3) is 1.79. The van der Waals surface area contributed by atoms with Crippen molar-refractivity contribution < 1.29 is 9.32 Å². The molecule has 2 aromatic heterocycles. The van der Waals surface area contributed by atoms with Gasteiger partial charge in [0.05, 0.1) is 0 Å². The molecular weight excluding hydrogens is 232 g/mol. The van der Waals surface area contributed by atoms with E-state index in [1.165, 1.54) is 6.39 Å². The summed E-state index contributed by atoms with van der Waals surface area (Å²) < 4.78 is 6.58. The van der Waals surface area contributed by atoms with E-state index in [9.17, 15) is 4.79 Å². The second-order valence-corrected chi connectivity index (χ2v) is 4.53. The monoisotopic (exact) mass is 246 g/mol. The van der Waals surface area contributed by atoms with Crippen LogP contribution < -0.4 is 0 Å². The molecule has 3 rings (SSSR count). The van der Waals surface area contributed by atoms with Crippen LogP contribution in [0.5, 0.6) is 0 Å². The summed E-state index contributed by atoms with van der Waals surface area (Å²) in [7, 11) is 1.87. The molecule has 0 N–H and O–H groups in total. The molecule has 0 unspecified atom stereocenters. The lowest BCUT2D eigenvalue weighted by Gasteiger charge is -2.16. The van der Waals surface area contributed by atoms with E-state index in [4.69, 9.17) is 4.52 Å². The Balaban J connectivity index is 1.73. The molecule has 94 valence electrons. The van der Waals surface area contributed by atoms with Crippen LogP contribution in [0.2, 0.25) is 0 Å². The highest BCUT2D eigenvalue weighted by atomic mass is 16.5. The van der Waals surface area contributed by atoms with Crippen LogP contribution in [0.3, 0.4) is 0 Å². The Hall–Kier alpha value is -2.11. The van der Waals surface area contributed by atoms with Crippen LogP contribution in [0.1, 0.15) is 28.7 Å². The maximum absolute atomic E-state index is 12.3. The Labute approximate surface area is 104 Å². The van der Waals surface area contributed by atoms with Crippen molar-refractivity contribution in [2.24, 2.45) is 7.05 Å². The first-order chi connectivity index (χ1) is 8.75. The van der Waals surface area contributed by atoms with Crippen LogP contribution in [0.4, 0.5) is 0 Å². The highest BCUT2D eigenvalue weighted by Gasteiger charge is 2.30. The molecule has 0 bridgehead atoms. The number of carbonyl (C=O) groups is 1. The van der Waals surface area contributed by atoms with Gasteiger partial charge in [-0.2, -0.15) is 4.98 Å². The molecule has 0 aromatic carbocycles. The Bertz CT molecular complexity index is 546. The van der Waals surface area contributed by atoms with Crippen LogP contribution in [0.25, 0.3) is 0 Å². The van der Waals surface area contributed by atoms with E-state index >= 15 is 0 Å². The summed E-state index contributed by atoms with van der Waals surface area (Å²) in [6.45, 7) is 1.40. The summed E-state index contributed by atoms with van der Waals surface area (Å²) >= 11 is 0. The van der Waals surface area contributed by atoms with Crippen molar-refractivity contribution in [1.29, 1.82) is 0 Å². The molecule has 1 aliphatic heterocycles. The lowest BCUT2D eigenvalue weighted by atomic mass is 10.1. The van der Waals surface area contributed by atoms with Gasteiger partial charge in [0.1, 0.15) is 5.69 Å². The number of amides is 1. The first kappa shape index (κ1) is 11.0. The van der Waals surface area contributed by atoms with Gasteiger partial charge in [-0.15, -0.1) is 0 Å². The minimum atomic E-state index is 0.0634. The molecule has 1 atom stereocenters. The number of nitrogens with zero attached hydrogens (tertiary/aromatic N) is 4. The predicted molar refractivity (Wildman–Crippen MR) is 63.0 cm³/mol.